The number of nitrogens with one attached hydrogen (secondary N) is 5. The van der Waals surface area contributed by atoms with Crippen LogP contribution >= 0.6 is 11.6 Å². The number of fused-ring (bicyclic) bond motifs is 3. The predicted octanol–water partition coefficient (Wildman–Crippen LogP) is 3.45. The van der Waals surface area contributed by atoms with Crippen molar-refractivity contribution in [1.29, 1.82) is 0 Å². The van der Waals surface area contributed by atoms with Gasteiger partial charge in [0.15, 0.2) is 0 Å². The first-order chi connectivity index (χ1) is 17.4. The van der Waals surface area contributed by atoms with E-state index in [0.29, 0.717) is 24.3 Å². The Morgan fingerprint density at radius 2 is 1.49 bits per heavy atom. The third kappa shape index (κ3) is 7.05. The van der Waals surface area contributed by atoms with Crippen molar-refractivity contribution in [2.24, 2.45) is 0 Å². The zero-order valence-corrected chi connectivity index (χ0v) is 22.6. The highest BCUT2D eigenvalue weighted by Gasteiger charge is 2.16. The smallest absolute Gasteiger partial charge is 0.229 e. The molecule has 0 amide bonds. The van der Waals surface area contributed by atoms with Gasteiger partial charge >= 0.3 is 0 Å². The number of hydrogen-bond donors (Lipinski definition) is 6. The van der Waals surface area contributed by atoms with Gasteiger partial charge in [-0.05, 0) is 30.3 Å². The Bertz CT molecular complexity index is 1660. The molecule has 3 aromatic carbocycles. The van der Waals surface area contributed by atoms with E-state index in [0.717, 1.165) is 40.0 Å². The fourth-order valence-corrected chi connectivity index (χ4v) is 5.51. The number of hydrogen-bond acceptors (Lipinski definition) is 7. The SMILES string of the molecule is CS(=O)(=O)Nc1ccc2c(c1)[nH]c1cc(NCCNCC(O)c3cccc(NS(C)(=O)=O)c3Cl)ccc12. The van der Waals surface area contributed by atoms with E-state index in [9.17, 15) is 21.9 Å². The second-order valence-electron chi connectivity index (χ2n) is 8.75. The molecule has 0 saturated carbocycles. The number of halogens is 1. The van der Waals surface area contributed by atoms with Gasteiger partial charge in [0.25, 0.3) is 0 Å². The maximum atomic E-state index is 11.5. The van der Waals surface area contributed by atoms with Crippen molar-refractivity contribution in [3.63, 3.8) is 0 Å². The summed E-state index contributed by atoms with van der Waals surface area (Å²) in [6.07, 6.45) is 1.23. The van der Waals surface area contributed by atoms with Gasteiger partial charge in [0.2, 0.25) is 20.0 Å². The highest BCUT2D eigenvalue weighted by molar-refractivity contribution is 7.92. The monoisotopic (exact) mass is 565 g/mol. The molecule has 13 heteroatoms. The molecule has 6 N–H and O–H groups in total. The lowest BCUT2D eigenvalue weighted by molar-refractivity contribution is 0.175. The molecular weight excluding hydrogens is 538 g/mol. The van der Waals surface area contributed by atoms with Crippen molar-refractivity contribution in [2.75, 3.05) is 46.9 Å². The Morgan fingerprint density at radius 1 is 0.865 bits per heavy atom. The number of aliphatic hydroxyl groups excluding tert-OH is 1. The molecule has 37 heavy (non-hydrogen) atoms. The summed E-state index contributed by atoms with van der Waals surface area (Å²) in [5.41, 5.74) is 3.78. The van der Waals surface area contributed by atoms with Gasteiger partial charge in [0, 0.05) is 52.7 Å². The number of H-pyrrole nitrogens is 1. The molecule has 0 fully saturated rings. The molecule has 0 aliphatic heterocycles. The van der Waals surface area contributed by atoms with E-state index in [1.165, 1.54) is 6.07 Å². The number of benzene rings is 3. The average Bonchev–Trinajstić information content (AvgIpc) is 3.15. The highest BCUT2D eigenvalue weighted by Crippen LogP contribution is 2.31. The fourth-order valence-electron chi connectivity index (χ4n) is 4.03. The summed E-state index contributed by atoms with van der Waals surface area (Å²) in [7, 11) is -6.85. The lowest BCUT2D eigenvalue weighted by Gasteiger charge is -2.16. The third-order valence-electron chi connectivity index (χ3n) is 5.55. The van der Waals surface area contributed by atoms with Crippen molar-refractivity contribution in [1.82, 2.24) is 10.3 Å². The van der Waals surface area contributed by atoms with E-state index in [4.69, 9.17) is 11.6 Å². The Balaban J connectivity index is 1.33. The molecule has 1 aromatic heterocycles. The van der Waals surface area contributed by atoms with Gasteiger partial charge in [-0.25, -0.2) is 16.8 Å². The quantitative estimate of drug-likeness (QED) is 0.152. The topological polar surface area (TPSA) is 152 Å². The summed E-state index contributed by atoms with van der Waals surface area (Å²) < 4.78 is 50.8. The van der Waals surface area contributed by atoms with Crippen LogP contribution in [-0.4, -0.2) is 59.1 Å². The van der Waals surface area contributed by atoms with Gasteiger partial charge < -0.3 is 20.7 Å². The molecule has 0 bridgehead atoms. The Labute approximate surface area is 220 Å². The molecule has 198 valence electrons. The van der Waals surface area contributed by atoms with Crippen molar-refractivity contribution >= 4 is 70.5 Å². The second-order valence-corrected chi connectivity index (χ2v) is 12.6. The van der Waals surface area contributed by atoms with Crippen LogP contribution < -0.4 is 20.1 Å². The lowest BCUT2D eigenvalue weighted by Crippen LogP contribution is -2.27. The van der Waals surface area contributed by atoms with Crippen LogP contribution in [0.25, 0.3) is 21.8 Å². The average molecular weight is 566 g/mol. The Hall–Kier alpha value is -3.03. The van der Waals surface area contributed by atoms with E-state index >= 15 is 0 Å². The minimum absolute atomic E-state index is 0.159. The standard InChI is InChI=1S/C24H28ClN5O5S2/c1-36(32,33)29-16-7-9-18-17-8-6-15(12-21(17)28-22(18)13-16)27-11-10-26-14-23(31)19-4-3-5-20(24(19)25)30-37(2,34)35/h3-9,12-13,23,26-31H,10-11,14H2,1-2H3. The molecule has 0 saturated heterocycles. The summed E-state index contributed by atoms with van der Waals surface area (Å²) >= 11 is 6.28. The van der Waals surface area contributed by atoms with E-state index in [-0.39, 0.29) is 17.3 Å². The molecule has 1 atom stereocenters. The number of aromatic amines is 1. The maximum Gasteiger partial charge on any atom is 0.229 e. The first-order valence-electron chi connectivity index (χ1n) is 11.3. The molecule has 0 radical (unpaired) electrons. The fraction of sp³-hybridized carbons (Fsp3) is 0.250. The van der Waals surface area contributed by atoms with E-state index < -0.39 is 26.2 Å². The summed E-state index contributed by atoms with van der Waals surface area (Å²) in [4.78, 5) is 3.32. The van der Waals surface area contributed by atoms with E-state index in [1.807, 2.05) is 24.3 Å². The first-order valence-corrected chi connectivity index (χ1v) is 15.5. The highest BCUT2D eigenvalue weighted by atomic mass is 35.5. The molecule has 0 aliphatic carbocycles. The predicted molar refractivity (Wildman–Crippen MR) is 151 cm³/mol. The molecular formula is C24H28ClN5O5S2. The van der Waals surface area contributed by atoms with Crippen LogP contribution in [0.5, 0.6) is 0 Å². The van der Waals surface area contributed by atoms with Gasteiger partial charge in [0.05, 0.1) is 35.0 Å². The number of anilines is 3. The molecule has 1 unspecified atom stereocenters. The van der Waals surface area contributed by atoms with Crippen molar-refractivity contribution in [2.45, 2.75) is 6.10 Å². The van der Waals surface area contributed by atoms with Crippen LogP contribution in [0.15, 0.2) is 54.6 Å². The van der Waals surface area contributed by atoms with Gasteiger partial charge in [-0.15, -0.1) is 0 Å². The molecule has 4 rings (SSSR count). The molecule has 0 aliphatic rings. The van der Waals surface area contributed by atoms with Crippen LogP contribution in [0.1, 0.15) is 11.7 Å². The molecule has 1 heterocycles. The summed E-state index contributed by atoms with van der Waals surface area (Å²) in [5, 5.41) is 19.2. The number of aliphatic hydroxyl groups is 1. The van der Waals surface area contributed by atoms with Crippen LogP contribution in [0.4, 0.5) is 17.1 Å². The maximum absolute atomic E-state index is 11.5. The Morgan fingerprint density at radius 3 is 2.14 bits per heavy atom. The normalized spacial score (nSPS) is 13.1. The lowest BCUT2D eigenvalue weighted by atomic mass is 10.1. The van der Waals surface area contributed by atoms with Gasteiger partial charge in [-0.1, -0.05) is 35.9 Å². The molecule has 4 aromatic rings. The van der Waals surface area contributed by atoms with Crippen LogP contribution in [0, 0.1) is 0 Å². The van der Waals surface area contributed by atoms with Crippen LogP contribution in [-0.2, 0) is 20.0 Å². The van der Waals surface area contributed by atoms with E-state index in [1.54, 1.807) is 24.3 Å². The van der Waals surface area contributed by atoms with Crippen LogP contribution in [0.2, 0.25) is 5.02 Å². The van der Waals surface area contributed by atoms with Crippen molar-refractivity contribution in [3.05, 3.63) is 65.2 Å². The minimum Gasteiger partial charge on any atom is -0.387 e. The van der Waals surface area contributed by atoms with Gasteiger partial charge in [-0.2, -0.15) is 0 Å². The molecule has 0 spiro atoms. The number of aromatic nitrogens is 1. The summed E-state index contributed by atoms with van der Waals surface area (Å²) in [6, 6.07) is 16.1. The zero-order valence-electron chi connectivity index (χ0n) is 20.2. The second kappa shape index (κ2) is 10.8. The molecule has 10 nitrogen and oxygen atoms in total. The minimum atomic E-state index is -3.49. The largest absolute Gasteiger partial charge is 0.387 e. The zero-order chi connectivity index (χ0) is 26.8. The summed E-state index contributed by atoms with van der Waals surface area (Å²) in [5.74, 6) is 0. The third-order valence-corrected chi connectivity index (χ3v) is 7.17. The Kier molecular flexibility index (Phi) is 7.85. The van der Waals surface area contributed by atoms with Crippen LogP contribution in [0.3, 0.4) is 0 Å². The van der Waals surface area contributed by atoms with Crippen molar-refractivity contribution < 1.29 is 21.9 Å². The van der Waals surface area contributed by atoms with Crippen molar-refractivity contribution in [3.8, 4) is 0 Å². The van der Waals surface area contributed by atoms with E-state index in [2.05, 4.69) is 25.1 Å². The first kappa shape index (κ1) is 27.0. The van der Waals surface area contributed by atoms with Gasteiger partial charge in [0.1, 0.15) is 0 Å². The number of sulfonamides is 2. The summed E-state index contributed by atoms with van der Waals surface area (Å²) in [6.45, 7) is 1.38. The van der Waals surface area contributed by atoms with Gasteiger partial charge in [-0.3, -0.25) is 9.44 Å². The number of rotatable bonds is 11.